The van der Waals surface area contributed by atoms with Crippen molar-refractivity contribution in [2.75, 3.05) is 12.4 Å². The minimum atomic E-state index is -1.08. The molecular formula is C14H21N3O3. The second-order valence-corrected chi connectivity index (χ2v) is 5.38. The highest BCUT2D eigenvalue weighted by molar-refractivity contribution is 5.99. The fourth-order valence-corrected chi connectivity index (χ4v) is 2.69. The maximum Gasteiger partial charge on any atom is 0.354 e. The molecule has 1 aliphatic rings. The molecule has 1 aromatic rings. The van der Waals surface area contributed by atoms with E-state index in [1.165, 1.54) is 6.42 Å². The zero-order valence-corrected chi connectivity index (χ0v) is 11.9. The lowest BCUT2D eigenvalue weighted by Gasteiger charge is -2.31. The molecule has 1 saturated carbocycles. The smallest absolute Gasteiger partial charge is 0.354 e. The van der Waals surface area contributed by atoms with Crippen LogP contribution in [0.4, 0.5) is 10.5 Å². The van der Waals surface area contributed by atoms with Crippen LogP contribution in [0.2, 0.25) is 0 Å². The lowest BCUT2D eigenvalue weighted by Crippen LogP contribution is -2.41. The van der Waals surface area contributed by atoms with Gasteiger partial charge in [-0.1, -0.05) is 19.3 Å². The number of H-pyrrole nitrogens is 1. The van der Waals surface area contributed by atoms with E-state index in [2.05, 4.69) is 10.3 Å². The van der Waals surface area contributed by atoms with Gasteiger partial charge in [-0.15, -0.1) is 0 Å². The molecule has 6 heteroatoms. The summed E-state index contributed by atoms with van der Waals surface area (Å²) in [4.78, 5) is 27.7. The van der Waals surface area contributed by atoms with Gasteiger partial charge in [-0.2, -0.15) is 0 Å². The predicted molar refractivity (Wildman–Crippen MR) is 76.1 cm³/mol. The minimum Gasteiger partial charge on any atom is -0.477 e. The summed E-state index contributed by atoms with van der Waals surface area (Å²) in [5.41, 5.74) is 1.05. The predicted octanol–water partition coefficient (Wildman–Crippen LogP) is 2.82. The number of aromatic carboxylic acids is 1. The topological polar surface area (TPSA) is 85.4 Å². The molecule has 20 heavy (non-hydrogen) atoms. The number of anilines is 1. The van der Waals surface area contributed by atoms with E-state index in [0.717, 1.165) is 25.7 Å². The number of hydrogen-bond acceptors (Lipinski definition) is 2. The minimum absolute atomic E-state index is 0.0212. The van der Waals surface area contributed by atoms with Crippen LogP contribution in [0.15, 0.2) is 6.07 Å². The second kappa shape index (κ2) is 5.98. The highest BCUT2D eigenvalue weighted by Gasteiger charge is 2.23. The van der Waals surface area contributed by atoms with Crippen molar-refractivity contribution in [3.05, 3.63) is 17.5 Å². The number of hydrogen-bond donors (Lipinski definition) is 3. The van der Waals surface area contributed by atoms with Crippen molar-refractivity contribution >= 4 is 17.7 Å². The van der Waals surface area contributed by atoms with E-state index < -0.39 is 5.97 Å². The Morgan fingerprint density at radius 1 is 1.35 bits per heavy atom. The largest absolute Gasteiger partial charge is 0.477 e. The van der Waals surface area contributed by atoms with Crippen molar-refractivity contribution in [1.29, 1.82) is 0 Å². The molecule has 0 aromatic carbocycles. The molecule has 1 heterocycles. The Balaban J connectivity index is 2.05. The third-order valence-corrected chi connectivity index (χ3v) is 3.85. The van der Waals surface area contributed by atoms with Gasteiger partial charge < -0.3 is 20.3 Å². The second-order valence-electron chi connectivity index (χ2n) is 5.38. The zero-order chi connectivity index (χ0) is 14.7. The van der Waals surface area contributed by atoms with Gasteiger partial charge in [0.2, 0.25) is 0 Å². The Bertz CT molecular complexity index is 504. The average Bonchev–Trinajstić information content (AvgIpc) is 2.80. The van der Waals surface area contributed by atoms with Crippen LogP contribution in [0, 0.1) is 6.92 Å². The molecule has 0 saturated heterocycles. The van der Waals surface area contributed by atoms with E-state index in [4.69, 9.17) is 5.11 Å². The average molecular weight is 279 g/mol. The molecule has 0 spiro atoms. The van der Waals surface area contributed by atoms with Crippen LogP contribution in [0.5, 0.6) is 0 Å². The van der Waals surface area contributed by atoms with Gasteiger partial charge in [0.05, 0.1) is 5.69 Å². The van der Waals surface area contributed by atoms with Gasteiger partial charge in [0.15, 0.2) is 0 Å². The standard InChI is InChI=1S/C14H21N3O3/c1-9-8-11(12(15-9)13(18)19)16-14(20)17(2)10-6-4-3-5-7-10/h8,10,15H,3-7H2,1-2H3,(H,16,20)(H,18,19). The summed E-state index contributed by atoms with van der Waals surface area (Å²) < 4.78 is 0. The lowest BCUT2D eigenvalue weighted by molar-refractivity contribution is 0.0692. The van der Waals surface area contributed by atoms with E-state index in [0.29, 0.717) is 11.4 Å². The first-order chi connectivity index (χ1) is 9.49. The quantitative estimate of drug-likeness (QED) is 0.795. The molecule has 0 bridgehead atoms. The fraction of sp³-hybridized carbons (Fsp3) is 0.571. The Labute approximate surface area is 118 Å². The Morgan fingerprint density at radius 3 is 2.60 bits per heavy atom. The van der Waals surface area contributed by atoms with Crippen molar-refractivity contribution in [2.24, 2.45) is 0 Å². The number of carbonyl (C=O) groups excluding carboxylic acids is 1. The molecule has 0 aliphatic heterocycles. The first kappa shape index (κ1) is 14.4. The van der Waals surface area contributed by atoms with Crippen LogP contribution in [0.1, 0.15) is 48.3 Å². The van der Waals surface area contributed by atoms with E-state index in [1.54, 1.807) is 24.9 Å². The Kier molecular flexibility index (Phi) is 4.32. The van der Waals surface area contributed by atoms with Gasteiger partial charge >= 0.3 is 12.0 Å². The number of amides is 2. The van der Waals surface area contributed by atoms with Crippen LogP contribution < -0.4 is 5.32 Å². The molecule has 2 amide bonds. The number of rotatable bonds is 3. The van der Waals surface area contributed by atoms with Crippen molar-refractivity contribution < 1.29 is 14.7 Å². The summed E-state index contributed by atoms with van der Waals surface area (Å²) in [5, 5.41) is 11.8. The summed E-state index contributed by atoms with van der Waals surface area (Å²) >= 11 is 0. The number of carboxylic acid groups (broad SMARTS) is 1. The van der Waals surface area contributed by atoms with Crippen LogP contribution in [-0.4, -0.2) is 40.1 Å². The van der Waals surface area contributed by atoms with Crippen LogP contribution in [-0.2, 0) is 0 Å². The molecule has 0 radical (unpaired) electrons. The van der Waals surface area contributed by atoms with Gasteiger partial charge in [0.25, 0.3) is 0 Å². The third kappa shape index (κ3) is 3.12. The van der Waals surface area contributed by atoms with Gasteiger partial charge in [0.1, 0.15) is 5.69 Å². The molecule has 1 aliphatic carbocycles. The maximum atomic E-state index is 12.2. The van der Waals surface area contributed by atoms with Gasteiger partial charge in [0, 0.05) is 18.8 Å². The van der Waals surface area contributed by atoms with E-state index in [-0.39, 0.29) is 17.8 Å². The van der Waals surface area contributed by atoms with Crippen molar-refractivity contribution in [3.63, 3.8) is 0 Å². The molecule has 110 valence electrons. The number of urea groups is 1. The summed E-state index contributed by atoms with van der Waals surface area (Å²) in [6.07, 6.45) is 5.55. The zero-order valence-electron chi connectivity index (χ0n) is 11.9. The van der Waals surface area contributed by atoms with Crippen LogP contribution in [0.25, 0.3) is 0 Å². The Hall–Kier alpha value is -1.98. The molecule has 1 fully saturated rings. The van der Waals surface area contributed by atoms with Crippen LogP contribution in [0.3, 0.4) is 0 Å². The number of carboxylic acids is 1. The number of aromatic amines is 1. The fourth-order valence-electron chi connectivity index (χ4n) is 2.69. The highest BCUT2D eigenvalue weighted by atomic mass is 16.4. The number of nitrogens with zero attached hydrogens (tertiary/aromatic N) is 1. The SMILES string of the molecule is Cc1cc(NC(=O)N(C)C2CCCCC2)c(C(=O)O)[nH]1. The van der Waals surface area contributed by atoms with Crippen molar-refractivity contribution in [2.45, 2.75) is 45.1 Å². The first-order valence-corrected chi connectivity index (χ1v) is 6.95. The number of aryl methyl sites for hydroxylation is 1. The van der Waals surface area contributed by atoms with E-state index in [1.807, 2.05) is 0 Å². The molecule has 6 nitrogen and oxygen atoms in total. The molecule has 0 atom stereocenters. The third-order valence-electron chi connectivity index (χ3n) is 3.85. The van der Waals surface area contributed by atoms with E-state index in [9.17, 15) is 9.59 Å². The van der Waals surface area contributed by atoms with Gasteiger partial charge in [-0.25, -0.2) is 9.59 Å². The number of aromatic nitrogens is 1. The Morgan fingerprint density at radius 2 is 2.00 bits per heavy atom. The summed E-state index contributed by atoms with van der Waals surface area (Å²) in [6.45, 7) is 1.76. The number of nitrogens with one attached hydrogen (secondary N) is 2. The summed E-state index contributed by atoms with van der Waals surface area (Å²) in [5.74, 6) is -1.08. The van der Waals surface area contributed by atoms with Crippen molar-refractivity contribution in [1.82, 2.24) is 9.88 Å². The first-order valence-electron chi connectivity index (χ1n) is 6.95. The molecular weight excluding hydrogens is 258 g/mol. The molecule has 2 rings (SSSR count). The number of carbonyl (C=O) groups is 2. The van der Waals surface area contributed by atoms with Gasteiger partial charge in [-0.3, -0.25) is 0 Å². The molecule has 1 aromatic heterocycles. The highest BCUT2D eigenvalue weighted by Crippen LogP contribution is 2.23. The molecule has 3 N–H and O–H groups in total. The molecule has 0 unspecified atom stereocenters. The normalized spacial score (nSPS) is 15.9. The lowest BCUT2D eigenvalue weighted by atomic mass is 9.95. The summed E-state index contributed by atoms with van der Waals surface area (Å²) in [7, 11) is 1.77. The van der Waals surface area contributed by atoms with Crippen LogP contribution >= 0.6 is 0 Å². The monoisotopic (exact) mass is 279 g/mol. The van der Waals surface area contributed by atoms with E-state index >= 15 is 0 Å². The van der Waals surface area contributed by atoms with Crippen molar-refractivity contribution in [3.8, 4) is 0 Å². The van der Waals surface area contributed by atoms with Gasteiger partial charge in [-0.05, 0) is 25.8 Å². The maximum absolute atomic E-state index is 12.2. The summed E-state index contributed by atoms with van der Waals surface area (Å²) in [6, 6.07) is 1.63.